The first-order chi connectivity index (χ1) is 10.8. The third-order valence-corrected chi connectivity index (χ3v) is 4.56. The molecule has 3 aromatic rings. The van der Waals surface area contributed by atoms with Crippen LogP contribution in [0.15, 0.2) is 36.4 Å². The van der Waals surface area contributed by atoms with E-state index in [4.69, 9.17) is 4.74 Å². The lowest BCUT2D eigenvalue weighted by atomic mass is 9.90. The highest BCUT2D eigenvalue weighted by Crippen LogP contribution is 2.36. The van der Waals surface area contributed by atoms with E-state index in [9.17, 15) is 4.79 Å². The van der Waals surface area contributed by atoms with Gasteiger partial charge < -0.3 is 15.0 Å². The van der Waals surface area contributed by atoms with Crippen molar-refractivity contribution in [3.63, 3.8) is 0 Å². The number of carbonyl (C=O) groups excluding carboxylic acids is 1. The van der Waals surface area contributed by atoms with Crippen LogP contribution in [0.5, 0.6) is 0 Å². The second kappa shape index (κ2) is 5.14. The molecule has 0 spiro atoms. The molecule has 1 aliphatic heterocycles. The van der Waals surface area contributed by atoms with Gasteiger partial charge in [0.1, 0.15) is 0 Å². The number of hydrogen-bond donors (Lipinski definition) is 2. The highest BCUT2D eigenvalue weighted by atomic mass is 16.5. The predicted octanol–water partition coefficient (Wildman–Crippen LogP) is 3.07. The van der Waals surface area contributed by atoms with E-state index in [-0.39, 0.29) is 11.9 Å². The van der Waals surface area contributed by atoms with Gasteiger partial charge in [-0.2, -0.15) is 0 Å². The summed E-state index contributed by atoms with van der Waals surface area (Å²) in [5.74, 6) is 0.000835. The first-order valence-corrected chi connectivity index (χ1v) is 7.57. The third kappa shape index (κ3) is 1.99. The van der Waals surface area contributed by atoms with Crippen LogP contribution >= 0.6 is 0 Å². The summed E-state index contributed by atoms with van der Waals surface area (Å²) in [6.45, 7) is 1.62. The van der Waals surface area contributed by atoms with Gasteiger partial charge in [0.15, 0.2) is 0 Å². The first kappa shape index (κ1) is 13.3. The number of methoxy groups -OCH3 is 1. The monoisotopic (exact) mass is 294 g/mol. The molecule has 4 nitrogen and oxygen atoms in total. The van der Waals surface area contributed by atoms with Crippen LogP contribution in [-0.4, -0.2) is 24.6 Å². The number of ether oxygens (including phenoxy) is 1. The van der Waals surface area contributed by atoms with Crippen molar-refractivity contribution in [2.24, 2.45) is 0 Å². The Labute approximate surface area is 128 Å². The largest absolute Gasteiger partial charge is 0.469 e. The molecule has 4 rings (SSSR count). The number of H-pyrrole nitrogens is 1. The number of aromatic amines is 1. The summed E-state index contributed by atoms with van der Waals surface area (Å²) in [6.07, 6.45) is 0.413. The fourth-order valence-corrected chi connectivity index (χ4v) is 3.55. The Balaban J connectivity index is 1.92. The van der Waals surface area contributed by atoms with Gasteiger partial charge in [-0.3, -0.25) is 4.79 Å². The molecule has 0 aliphatic carbocycles. The summed E-state index contributed by atoms with van der Waals surface area (Å²) >= 11 is 0. The van der Waals surface area contributed by atoms with E-state index in [0.717, 1.165) is 13.1 Å². The standard InChI is InChI=1S/C18H18N2O2/c1-22-16(21)8-12-9-19-10-15-17(12)14-7-6-11-4-2-3-5-13(11)18(14)20-15/h2-7,12,19-20H,8-10H2,1H3. The fraction of sp³-hybridized carbons (Fsp3) is 0.278. The minimum atomic E-state index is -0.158. The molecule has 0 bridgehead atoms. The maximum atomic E-state index is 11.7. The Morgan fingerprint density at radius 3 is 2.95 bits per heavy atom. The summed E-state index contributed by atoms with van der Waals surface area (Å²) in [7, 11) is 1.45. The van der Waals surface area contributed by atoms with Gasteiger partial charge >= 0.3 is 5.97 Å². The zero-order valence-corrected chi connectivity index (χ0v) is 12.5. The Hall–Kier alpha value is -2.33. The molecule has 0 fully saturated rings. The first-order valence-electron chi connectivity index (χ1n) is 7.57. The maximum Gasteiger partial charge on any atom is 0.306 e. The number of aromatic nitrogens is 1. The number of carbonyl (C=O) groups is 1. The molecule has 2 N–H and O–H groups in total. The van der Waals surface area contributed by atoms with E-state index >= 15 is 0 Å². The molecule has 0 amide bonds. The summed E-state index contributed by atoms with van der Waals surface area (Å²) in [5, 5.41) is 7.07. The molecule has 0 saturated carbocycles. The highest BCUT2D eigenvalue weighted by Gasteiger charge is 2.27. The van der Waals surface area contributed by atoms with Gasteiger partial charge in [0.25, 0.3) is 0 Å². The lowest BCUT2D eigenvalue weighted by Crippen LogP contribution is -2.29. The van der Waals surface area contributed by atoms with Crippen LogP contribution in [0.4, 0.5) is 0 Å². The molecule has 1 aliphatic rings. The molecule has 1 aromatic heterocycles. The molecule has 2 aromatic carbocycles. The lowest BCUT2D eigenvalue weighted by molar-refractivity contribution is -0.141. The number of nitrogens with one attached hydrogen (secondary N) is 2. The van der Waals surface area contributed by atoms with Gasteiger partial charge in [-0.1, -0.05) is 36.4 Å². The molecule has 4 heteroatoms. The zero-order chi connectivity index (χ0) is 15.1. The molecule has 112 valence electrons. The molecule has 0 radical (unpaired) electrons. The quantitative estimate of drug-likeness (QED) is 0.714. The number of fused-ring (bicyclic) bond motifs is 5. The average molecular weight is 294 g/mol. The SMILES string of the molecule is COC(=O)CC1CNCc2[nH]c3c(ccc4ccccc43)c21. The van der Waals surface area contributed by atoms with Gasteiger partial charge in [-0.25, -0.2) is 0 Å². The van der Waals surface area contributed by atoms with Crippen LogP contribution in [0.3, 0.4) is 0 Å². The second-order valence-electron chi connectivity index (χ2n) is 5.83. The molecular formula is C18H18N2O2. The summed E-state index contributed by atoms with van der Waals surface area (Å²) < 4.78 is 4.85. The van der Waals surface area contributed by atoms with E-state index < -0.39 is 0 Å². The number of rotatable bonds is 2. The lowest BCUT2D eigenvalue weighted by Gasteiger charge is -2.23. The van der Waals surface area contributed by atoms with Crippen molar-refractivity contribution >= 4 is 27.6 Å². The molecule has 2 heterocycles. The minimum Gasteiger partial charge on any atom is -0.469 e. The van der Waals surface area contributed by atoms with E-state index in [2.05, 4.69) is 46.7 Å². The number of benzene rings is 2. The Kier molecular flexibility index (Phi) is 3.12. The van der Waals surface area contributed by atoms with Crippen molar-refractivity contribution < 1.29 is 9.53 Å². The average Bonchev–Trinajstić information content (AvgIpc) is 2.94. The highest BCUT2D eigenvalue weighted by molar-refractivity contribution is 6.07. The molecule has 0 saturated heterocycles. The van der Waals surface area contributed by atoms with Gasteiger partial charge in [0.2, 0.25) is 0 Å². The van der Waals surface area contributed by atoms with Gasteiger partial charge in [-0.15, -0.1) is 0 Å². The predicted molar refractivity (Wildman–Crippen MR) is 86.9 cm³/mol. The van der Waals surface area contributed by atoms with Crippen LogP contribution in [0.1, 0.15) is 23.6 Å². The number of esters is 1. The number of hydrogen-bond acceptors (Lipinski definition) is 3. The maximum absolute atomic E-state index is 11.7. The van der Waals surface area contributed by atoms with Gasteiger partial charge in [0, 0.05) is 35.5 Å². The van der Waals surface area contributed by atoms with Gasteiger partial charge in [0.05, 0.1) is 19.0 Å². The summed E-state index contributed by atoms with van der Waals surface area (Å²) in [5.41, 5.74) is 3.62. The van der Waals surface area contributed by atoms with Crippen LogP contribution in [0.2, 0.25) is 0 Å². The van der Waals surface area contributed by atoms with E-state index in [0.29, 0.717) is 6.42 Å². The summed E-state index contributed by atoms with van der Waals surface area (Å²) in [4.78, 5) is 15.3. The molecule has 1 atom stereocenters. The Morgan fingerprint density at radius 1 is 1.23 bits per heavy atom. The zero-order valence-electron chi connectivity index (χ0n) is 12.5. The van der Waals surface area contributed by atoms with E-state index in [1.807, 2.05) is 0 Å². The molecule has 1 unspecified atom stereocenters. The molecule has 22 heavy (non-hydrogen) atoms. The topological polar surface area (TPSA) is 54.1 Å². The Morgan fingerprint density at radius 2 is 2.09 bits per heavy atom. The smallest absolute Gasteiger partial charge is 0.306 e. The fourth-order valence-electron chi connectivity index (χ4n) is 3.55. The van der Waals surface area contributed by atoms with Gasteiger partial charge in [-0.05, 0) is 10.9 Å². The van der Waals surface area contributed by atoms with Crippen molar-refractivity contribution in [1.29, 1.82) is 0 Å². The van der Waals surface area contributed by atoms with Crippen molar-refractivity contribution in [1.82, 2.24) is 10.3 Å². The minimum absolute atomic E-state index is 0.158. The van der Waals surface area contributed by atoms with E-state index in [1.54, 1.807) is 0 Å². The summed E-state index contributed by atoms with van der Waals surface area (Å²) in [6, 6.07) is 12.7. The normalized spacial score (nSPS) is 17.6. The van der Waals surface area contributed by atoms with E-state index in [1.165, 1.54) is 40.0 Å². The molecular weight excluding hydrogens is 276 g/mol. The van der Waals surface area contributed by atoms with Crippen LogP contribution in [-0.2, 0) is 16.1 Å². The van der Waals surface area contributed by atoms with Crippen molar-refractivity contribution in [3.05, 3.63) is 47.7 Å². The van der Waals surface area contributed by atoms with Crippen molar-refractivity contribution in [2.45, 2.75) is 18.9 Å². The Bertz CT molecular complexity index is 866. The second-order valence-corrected chi connectivity index (χ2v) is 5.83. The van der Waals surface area contributed by atoms with Crippen LogP contribution in [0, 0.1) is 0 Å². The van der Waals surface area contributed by atoms with Crippen LogP contribution in [0.25, 0.3) is 21.7 Å². The van der Waals surface area contributed by atoms with Crippen molar-refractivity contribution in [2.75, 3.05) is 13.7 Å². The third-order valence-electron chi connectivity index (χ3n) is 4.56. The van der Waals surface area contributed by atoms with Crippen molar-refractivity contribution in [3.8, 4) is 0 Å². The van der Waals surface area contributed by atoms with Crippen LogP contribution < -0.4 is 5.32 Å².